The van der Waals surface area contributed by atoms with Gasteiger partial charge in [-0.25, -0.2) is 24.5 Å². The number of carbonyl (C=O) groups excluding carboxylic acids is 1. The summed E-state index contributed by atoms with van der Waals surface area (Å²) in [6, 6.07) is 7.79. The molecule has 10 nitrogen and oxygen atoms in total. The van der Waals surface area contributed by atoms with Crippen molar-refractivity contribution in [2.24, 2.45) is 0 Å². The molecule has 0 fully saturated rings. The van der Waals surface area contributed by atoms with Gasteiger partial charge in [-0.1, -0.05) is 0 Å². The molecule has 1 amide bonds. The predicted molar refractivity (Wildman–Crippen MR) is 127 cm³/mol. The Morgan fingerprint density at radius 2 is 1.76 bits per heavy atom. The Balaban J connectivity index is 1.57. The molecule has 0 saturated heterocycles. The Bertz CT molecular complexity index is 1250. The van der Waals surface area contributed by atoms with Gasteiger partial charge < -0.3 is 10.1 Å². The molecule has 0 aliphatic heterocycles. The second-order valence-electron chi connectivity index (χ2n) is 8.54. The van der Waals surface area contributed by atoms with E-state index in [0.717, 1.165) is 27.7 Å². The molecule has 0 radical (unpaired) electrons. The van der Waals surface area contributed by atoms with Gasteiger partial charge >= 0.3 is 16.3 Å². The van der Waals surface area contributed by atoms with Gasteiger partial charge in [-0.3, -0.25) is 0 Å². The molecule has 0 aliphatic carbocycles. The highest BCUT2D eigenvalue weighted by Gasteiger charge is 2.20. The van der Waals surface area contributed by atoms with Crippen molar-refractivity contribution in [1.29, 1.82) is 0 Å². The lowest BCUT2D eigenvalue weighted by molar-refractivity contribution is 0.0569. The summed E-state index contributed by atoms with van der Waals surface area (Å²) in [5, 5.41) is 3.98. The number of pyridine rings is 1. The van der Waals surface area contributed by atoms with Crippen LogP contribution in [0.3, 0.4) is 0 Å². The minimum absolute atomic E-state index is 0.0384. The quantitative estimate of drug-likeness (QED) is 0.447. The van der Waals surface area contributed by atoms with Crippen molar-refractivity contribution in [2.75, 3.05) is 18.4 Å². The van der Waals surface area contributed by atoms with Crippen LogP contribution in [-0.2, 0) is 14.9 Å². The third-order valence-corrected chi connectivity index (χ3v) is 5.65. The number of rotatable bonds is 7. The first-order valence-electron chi connectivity index (χ1n) is 10.4. The van der Waals surface area contributed by atoms with Crippen molar-refractivity contribution in [3.8, 4) is 11.3 Å². The molecule has 2 heterocycles. The molecule has 0 aliphatic rings. The molecule has 3 aromatic rings. The number of amides is 1. The summed E-state index contributed by atoms with van der Waals surface area (Å²) >= 11 is 0. The molecule has 0 unspecified atom stereocenters. The zero-order chi connectivity index (χ0) is 24.2. The summed E-state index contributed by atoms with van der Waals surface area (Å²) in [5.74, 6) is 0.573. The summed E-state index contributed by atoms with van der Waals surface area (Å²) in [4.78, 5) is 24.8. The van der Waals surface area contributed by atoms with Gasteiger partial charge in [0.1, 0.15) is 17.7 Å². The summed E-state index contributed by atoms with van der Waals surface area (Å²) in [6.45, 7) is 9.33. The Labute approximate surface area is 193 Å². The van der Waals surface area contributed by atoms with Gasteiger partial charge in [-0.2, -0.15) is 13.1 Å². The van der Waals surface area contributed by atoms with E-state index in [2.05, 4.69) is 31.1 Å². The van der Waals surface area contributed by atoms with Crippen molar-refractivity contribution in [3.63, 3.8) is 0 Å². The van der Waals surface area contributed by atoms with Crippen LogP contribution in [0.2, 0.25) is 0 Å². The topological polar surface area (TPSA) is 135 Å². The van der Waals surface area contributed by atoms with Crippen LogP contribution in [0.1, 0.15) is 31.9 Å². The summed E-state index contributed by atoms with van der Waals surface area (Å²) in [6.07, 6.45) is 2.20. The highest BCUT2D eigenvalue weighted by Crippen LogP contribution is 2.27. The fraction of sp³-hybridized carbons (Fsp3) is 0.364. The van der Waals surface area contributed by atoms with Crippen LogP contribution in [0.25, 0.3) is 22.2 Å². The zero-order valence-corrected chi connectivity index (χ0v) is 20.1. The number of aryl methyl sites for hydroxylation is 2. The van der Waals surface area contributed by atoms with Crippen LogP contribution in [0.15, 0.2) is 36.8 Å². The third kappa shape index (κ3) is 6.83. The number of hydrogen-bond acceptors (Lipinski definition) is 8. The second-order valence-corrected chi connectivity index (χ2v) is 10.0. The number of nitrogens with one attached hydrogen (secondary N) is 3. The van der Waals surface area contributed by atoms with Crippen LogP contribution < -0.4 is 14.8 Å². The van der Waals surface area contributed by atoms with Gasteiger partial charge in [-0.15, -0.1) is 0 Å². The van der Waals surface area contributed by atoms with E-state index in [-0.39, 0.29) is 13.1 Å². The molecular weight excluding hydrogens is 444 g/mol. The molecule has 176 valence electrons. The molecule has 0 saturated carbocycles. The van der Waals surface area contributed by atoms with E-state index >= 15 is 0 Å². The molecule has 3 rings (SSSR count). The Morgan fingerprint density at radius 1 is 1.03 bits per heavy atom. The van der Waals surface area contributed by atoms with Crippen molar-refractivity contribution >= 4 is 33.0 Å². The number of carbonyl (C=O) groups is 1. The van der Waals surface area contributed by atoms with E-state index in [0.29, 0.717) is 5.82 Å². The fourth-order valence-corrected chi connectivity index (χ4v) is 3.71. The van der Waals surface area contributed by atoms with Crippen LogP contribution in [0.5, 0.6) is 0 Å². The Hall–Kier alpha value is -3.31. The first kappa shape index (κ1) is 24.3. The van der Waals surface area contributed by atoms with Crippen molar-refractivity contribution < 1.29 is 17.9 Å². The molecule has 2 aromatic heterocycles. The van der Waals surface area contributed by atoms with Gasteiger partial charge in [0, 0.05) is 30.2 Å². The maximum absolute atomic E-state index is 11.9. The van der Waals surface area contributed by atoms with E-state index in [4.69, 9.17) is 4.74 Å². The first-order valence-corrected chi connectivity index (χ1v) is 11.8. The van der Waals surface area contributed by atoms with Crippen LogP contribution in [0, 0.1) is 13.8 Å². The maximum atomic E-state index is 11.9. The van der Waals surface area contributed by atoms with E-state index < -0.39 is 21.9 Å². The Morgan fingerprint density at radius 3 is 2.42 bits per heavy atom. The summed E-state index contributed by atoms with van der Waals surface area (Å²) < 4.78 is 32.8. The van der Waals surface area contributed by atoms with Gasteiger partial charge in [0.05, 0.1) is 11.2 Å². The smallest absolute Gasteiger partial charge is 0.422 e. The SMILES string of the molecule is Cc1cc2ncnc(-c3ccc(NCCNS(=O)(=O)NC(=O)OC(C)(C)C)nc3)c2cc1C. The van der Waals surface area contributed by atoms with Crippen molar-refractivity contribution in [3.05, 3.63) is 47.9 Å². The number of anilines is 1. The fourth-order valence-electron chi connectivity index (χ4n) is 3.01. The number of aromatic nitrogens is 3. The van der Waals surface area contributed by atoms with Gasteiger partial charge in [-0.05, 0) is 70.0 Å². The standard InChI is InChI=1S/C22H28N6O4S/c1-14-10-17-18(11-15(14)2)25-13-26-20(17)16-6-7-19(24-12-16)23-8-9-27-33(30,31)28-21(29)32-22(3,4)5/h6-7,10-13,27H,8-9H2,1-5H3,(H,23,24)(H,28,29). The van der Waals surface area contributed by atoms with E-state index in [9.17, 15) is 13.2 Å². The normalized spacial score (nSPS) is 11.9. The second kappa shape index (κ2) is 9.67. The highest BCUT2D eigenvalue weighted by atomic mass is 32.2. The zero-order valence-electron chi connectivity index (χ0n) is 19.3. The number of hydrogen-bond donors (Lipinski definition) is 3. The lowest BCUT2D eigenvalue weighted by Gasteiger charge is -2.19. The van der Waals surface area contributed by atoms with Gasteiger partial charge in [0.25, 0.3) is 0 Å². The minimum atomic E-state index is -4.03. The van der Waals surface area contributed by atoms with Gasteiger partial charge in [0.15, 0.2) is 0 Å². The average molecular weight is 473 g/mol. The average Bonchev–Trinajstić information content (AvgIpc) is 2.70. The minimum Gasteiger partial charge on any atom is -0.443 e. The number of nitrogens with zero attached hydrogens (tertiary/aromatic N) is 3. The van der Waals surface area contributed by atoms with E-state index in [1.807, 2.05) is 26.0 Å². The molecule has 1 aromatic carbocycles. The van der Waals surface area contributed by atoms with E-state index in [1.54, 1.807) is 37.8 Å². The number of fused-ring (bicyclic) bond motifs is 1. The molecule has 3 N–H and O–H groups in total. The molecular formula is C22H28N6O4S. The van der Waals surface area contributed by atoms with E-state index in [1.165, 1.54) is 11.9 Å². The van der Waals surface area contributed by atoms with Crippen LogP contribution in [0.4, 0.5) is 10.6 Å². The molecule has 33 heavy (non-hydrogen) atoms. The number of ether oxygens (including phenoxy) is 1. The van der Waals surface area contributed by atoms with Crippen molar-refractivity contribution in [1.82, 2.24) is 24.4 Å². The van der Waals surface area contributed by atoms with Crippen LogP contribution in [-0.4, -0.2) is 48.2 Å². The monoisotopic (exact) mass is 472 g/mol. The Kier molecular flexibility index (Phi) is 7.13. The summed E-state index contributed by atoms with van der Waals surface area (Å²) in [7, 11) is -4.03. The lowest BCUT2D eigenvalue weighted by atomic mass is 10.0. The molecule has 0 bridgehead atoms. The third-order valence-electron chi connectivity index (χ3n) is 4.63. The largest absolute Gasteiger partial charge is 0.443 e. The molecule has 0 atom stereocenters. The van der Waals surface area contributed by atoms with Gasteiger partial charge in [0.2, 0.25) is 0 Å². The van der Waals surface area contributed by atoms with Crippen LogP contribution >= 0.6 is 0 Å². The molecule has 11 heteroatoms. The predicted octanol–water partition coefficient (Wildman–Crippen LogP) is 3.08. The number of benzene rings is 1. The highest BCUT2D eigenvalue weighted by molar-refractivity contribution is 7.88. The summed E-state index contributed by atoms with van der Waals surface area (Å²) in [5.41, 5.74) is 4.05. The first-order chi connectivity index (χ1) is 15.4. The maximum Gasteiger partial charge on any atom is 0.422 e. The molecule has 0 spiro atoms. The lowest BCUT2D eigenvalue weighted by Crippen LogP contribution is -2.44. The van der Waals surface area contributed by atoms with Crippen molar-refractivity contribution in [2.45, 2.75) is 40.2 Å².